The molecule has 2 rings (SSSR count). The fraction of sp³-hybridized carbons (Fsp3) is 0.500. The van der Waals surface area contributed by atoms with E-state index in [0.717, 1.165) is 0 Å². The first-order chi connectivity index (χ1) is 9.40. The van der Waals surface area contributed by atoms with Gasteiger partial charge in [0.05, 0.1) is 9.72 Å². The summed E-state index contributed by atoms with van der Waals surface area (Å²) < 4.78 is 27.7. The Balaban J connectivity index is 2.11. The highest BCUT2D eigenvalue weighted by Gasteiger charge is 2.31. The van der Waals surface area contributed by atoms with Gasteiger partial charge in [0.2, 0.25) is 0 Å². The van der Waals surface area contributed by atoms with Crippen LogP contribution in [0.1, 0.15) is 19.4 Å². The molecule has 20 heavy (non-hydrogen) atoms. The smallest absolute Gasteiger partial charge is 0.151 e. The summed E-state index contributed by atoms with van der Waals surface area (Å²) in [5, 5.41) is 0.701. The van der Waals surface area contributed by atoms with Crippen LogP contribution in [0.5, 0.6) is 0 Å². The number of thioether (sulfide) groups is 2. The number of benzene rings is 1. The van der Waals surface area contributed by atoms with E-state index in [2.05, 4.69) is 29.8 Å². The highest BCUT2D eigenvalue weighted by atomic mass is 79.9. The maximum Gasteiger partial charge on any atom is 0.151 e. The molecule has 1 nitrogen and oxygen atoms in total. The summed E-state index contributed by atoms with van der Waals surface area (Å²) >= 11 is 6.38. The molecule has 0 spiro atoms. The Labute approximate surface area is 134 Å². The number of Topliss-reactive ketones (excluding diaryl/α,β-unsaturated/α-hetero) is 1. The number of hydrogen-bond acceptors (Lipinski definition) is 3. The van der Waals surface area contributed by atoms with Crippen molar-refractivity contribution in [1.29, 1.82) is 0 Å². The lowest BCUT2D eigenvalue weighted by molar-refractivity contribution is -0.117. The molecule has 6 heteroatoms. The molecule has 1 fully saturated rings. The fourth-order valence-corrected chi connectivity index (χ4v) is 5.23. The first-order valence-electron chi connectivity index (χ1n) is 6.32. The molecule has 3 unspecified atom stereocenters. The molecule has 1 saturated heterocycles. The molecule has 3 atom stereocenters. The lowest BCUT2D eigenvalue weighted by Crippen LogP contribution is -2.32. The number of hydrogen-bond donors (Lipinski definition) is 0. The van der Waals surface area contributed by atoms with Crippen molar-refractivity contribution >= 4 is 45.2 Å². The Bertz CT molecular complexity index is 524. The molecule has 110 valence electrons. The van der Waals surface area contributed by atoms with Crippen LogP contribution in [0, 0.1) is 11.6 Å². The summed E-state index contributed by atoms with van der Waals surface area (Å²) in [7, 11) is 0. The van der Waals surface area contributed by atoms with Gasteiger partial charge >= 0.3 is 0 Å². The molecular weight excluding hydrogens is 366 g/mol. The van der Waals surface area contributed by atoms with E-state index in [1.807, 2.05) is 0 Å². The summed E-state index contributed by atoms with van der Waals surface area (Å²) in [6.45, 7) is 4.22. The van der Waals surface area contributed by atoms with Gasteiger partial charge in [0.1, 0.15) is 11.6 Å². The highest BCUT2D eigenvalue weighted by Crippen LogP contribution is 2.36. The van der Waals surface area contributed by atoms with Crippen LogP contribution < -0.4 is 0 Å². The van der Waals surface area contributed by atoms with E-state index >= 15 is 0 Å². The zero-order valence-corrected chi connectivity index (χ0v) is 14.4. The predicted molar refractivity (Wildman–Crippen MR) is 85.5 cm³/mol. The molecule has 1 aliphatic rings. The second-order valence-electron chi connectivity index (χ2n) is 4.83. The van der Waals surface area contributed by atoms with Gasteiger partial charge in [0.25, 0.3) is 0 Å². The number of carbonyl (C=O) groups is 1. The van der Waals surface area contributed by atoms with Crippen molar-refractivity contribution in [1.82, 2.24) is 0 Å². The molecular formula is C14H15BrF2OS2. The van der Waals surface area contributed by atoms with Gasteiger partial charge < -0.3 is 0 Å². The third-order valence-corrected chi connectivity index (χ3v) is 7.45. The monoisotopic (exact) mass is 380 g/mol. The van der Waals surface area contributed by atoms with Gasteiger partial charge in [-0.05, 0) is 28.1 Å². The van der Waals surface area contributed by atoms with Gasteiger partial charge in [-0.15, -0.1) is 11.8 Å². The molecule has 1 aromatic carbocycles. The zero-order chi connectivity index (χ0) is 14.9. The van der Waals surface area contributed by atoms with Gasteiger partial charge in [-0.3, -0.25) is 4.79 Å². The zero-order valence-electron chi connectivity index (χ0n) is 11.2. The number of rotatable bonds is 3. The SMILES string of the molecule is CC1SCC(C(=O)Cc2c(F)ccc(Br)c2F)SC1C. The summed E-state index contributed by atoms with van der Waals surface area (Å²) in [5.74, 6) is -0.717. The lowest BCUT2D eigenvalue weighted by atomic mass is 10.1. The molecule has 1 aromatic rings. The first kappa shape index (κ1) is 16.3. The van der Waals surface area contributed by atoms with Crippen LogP contribution in [0.2, 0.25) is 0 Å². The van der Waals surface area contributed by atoms with Crippen LogP contribution in [-0.4, -0.2) is 27.3 Å². The molecule has 1 heterocycles. The average molecular weight is 381 g/mol. The minimum Gasteiger partial charge on any atom is -0.298 e. The van der Waals surface area contributed by atoms with Crippen molar-refractivity contribution in [2.24, 2.45) is 0 Å². The Kier molecular flexibility index (Phi) is 5.54. The van der Waals surface area contributed by atoms with Gasteiger partial charge in [0, 0.05) is 28.2 Å². The van der Waals surface area contributed by atoms with E-state index in [1.165, 1.54) is 12.1 Å². The maximum absolute atomic E-state index is 13.9. The Morgan fingerprint density at radius 2 is 2.05 bits per heavy atom. The molecule has 0 aliphatic carbocycles. The van der Waals surface area contributed by atoms with E-state index in [-0.39, 0.29) is 27.5 Å². The van der Waals surface area contributed by atoms with Crippen LogP contribution in [0.25, 0.3) is 0 Å². The lowest BCUT2D eigenvalue weighted by Gasteiger charge is -2.30. The van der Waals surface area contributed by atoms with E-state index in [4.69, 9.17) is 0 Å². The number of ketones is 1. The standard InChI is InChI=1S/C14H15BrF2OS2/c1-7-8(2)20-13(6-19-7)12(18)5-9-11(16)4-3-10(15)14(9)17/h3-4,7-8,13H,5-6H2,1-2H3. The Hall–Kier alpha value is -0.0700. The van der Waals surface area contributed by atoms with Crippen molar-refractivity contribution in [3.8, 4) is 0 Å². The quantitative estimate of drug-likeness (QED) is 0.720. The molecule has 0 aromatic heterocycles. The van der Waals surface area contributed by atoms with Crippen LogP contribution in [0.15, 0.2) is 16.6 Å². The normalized spacial score (nSPS) is 26.6. The van der Waals surface area contributed by atoms with Gasteiger partial charge in [-0.25, -0.2) is 8.78 Å². The van der Waals surface area contributed by atoms with Crippen LogP contribution in [0.4, 0.5) is 8.78 Å². The third kappa shape index (κ3) is 3.57. The van der Waals surface area contributed by atoms with Crippen molar-refractivity contribution < 1.29 is 13.6 Å². The number of carbonyl (C=O) groups excluding carboxylic acids is 1. The Morgan fingerprint density at radius 3 is 2.70 bits per heavy atom. The molecule has 0 amide bonds. The van der Waals surface area contributed by atoms with Crippen molar-refractivity contribution in [2.75, 3.05) is 5.75 Å². The summed E-state index contributed by atoms with van der Waals surface area (Å²) in [6, 6.07) is 2.50. The van der Waals surface area contributed by atoms with E-state index in [0.29, 0.717) is 16.3 Å². The first-order valence-corrected chi connectivity index (χ1v) is 9.10. The van der Waals surface area contributed by atoms with E-state index < -0.39 is 11.6 Å². The van der Waals surface area contributed by atoms with Crippen molar-refractivity contribution in [3.63, 3.8) is 0 Å². The minimum atomic E-state index is -0.673. The van der Waals surface area contributed by atoms with E-state index in [1.54, 1.807) is 23.5 Å². The molecule has 0 bridgehead atoms. The molecule has 0 saturated carbocycles. The molecule has 0 radical (unpaired) electrons. The van der Waals surface area contributed by atoms with E-state index in [9.17, 15) is 13.6 Å². The fourth-order valence-electron chi connectivity index (χ4n) is 1.97. The van der Waals surface area contributed by atoms with Crippen LogP contribution in [0.3, 0.4) is 0 Å². The summed E-state index contributed by atoms with van der Waals surface area (Å²) in [5.41, 5.74) is -0.138. The largest absolute Gasteiger partial charge is 0.298 e. The predicted octanol–water partition coefficient (Wildman–Crippen LogP) is 4.46. The highest BCUT2D eigenvalue weighted by molar-refractivity contribution is 9.10. The molecule has 0 N–H and O–H groups in total. The topological polar surface area (TPSA) is 17.1 Å². The maximum atomic E-state index is 13.9. The van der Waals surface area contributed by atoms with Crippen LogP contribution in [-0.2, 0) is 11.2 Å². The van der Waals surface area contributed by atoms with Crippen molar-refractivity contribution in [3.05, 3.63) is 33.8 Å². The second kappa shape index (κ2) is 6.79. The Morgan fingerprint density at radius 1 is 1.35 bits per heavy atom. The number of halogens is 3. The summed E-state index contributed by atoms with van der Waals surface area (Å²) in [6.07, 6.45) is -0.184. The van der Waals surface area contributed by atoms with Crippen LogP contribution >= 0.6 is 39.5 Å². The average Bonchev–Trinajstić information content (AvgIpc) is 2.42. The van der Waals surface area contributed by atoms with Gasteiger partial charge in [0.15, 0.2) is 5.78 Å². The van der Waals surface area contributed by atoms with Gasteiger partial charge in [-0.1, -0.05) is 13.8 Å². The summed E-state index contributed by atoms with van der Waals surface area (Å²) in [4.78, 5) is 12.3. The minimum absolute atomic E-state index is 0.0999. The second-order valence-corrected chi connectivity index (χ2v) is 8.68. The molecule has 1 aliphatic heterocycles. The van der Waals surface area contributed by atoms with Crippen molar-refractivity contribution in [2.45, 2.75) is 36.0 Å². The third-order valence-electron chi connectivity index (χ3n) is 3.40. The van der Waals surface area contributed by atoms with Gasteiger partial charge in [-0.2, -0.15) is 11.8 Å².